The summed E-state index contributed by atoms with van der Waals surface area (Å²) < 4.78 is 21.0. The second kappa shape index (κ2) is 6.24. The zero-order valence-electron chi connectivity index (χ0n) is 8.73. The first-order valence-electron chi connectivity index (χ1n) is 4.91. The van der Waals surface area contributed by atoms with Gasteiger partial charge < -0.3 is 5.32 Å². The number of hydrogen-bond donors (Lipinski definition) is 1. The number of anilines is 1. The van der Waals surface area contributed by atoms with E-state index in [0.717, 1.165) is 18.7 Å². The molecule has 0 amide bonds. The van der Waals surface area contributed by atoms with E-state index in [4.69, 9.17) is 0 Å². The molecular formula is C11H15NO2S. The van der Waals surface area contributed by atoms with Gasteiger partial charge in [-0.15, -0.1) is 0 Å². The Balaban J connectivity index is 2.27. The fraction of sp³-hybridized carbons (Fsp3) is 0.364. The highest BCUT2D eigenvalue weighted by Crippen LogP contribution is 2.05. The van der Waals surface area contributed by atoms with E-state index in [1.807, 2.05) is 30.3 Å². The second-order valence-electron chi connectivity index (χ2n) is 3.33. The average Bonchev–Trinajstić information content (AvgIpc) is 2.25. The van der Waals surface area contributed by atoms with Crippen LogP contribution in [0, 0.1) is 0 Å². The Morgan fingerprint density at radius 1 is 1.27 bits per heavy atom. The maximum atomic E-state index is 10.5. The number of nitrogens with one attached hydrogen (secondary N) is 1. The molecule has 0 aliphatic heterocycles. The minimum atomic E-state index is -2.02. The Morgan fingerprint density at radius 2 is 1.93 bits per heavy atom. The molecule has 0 aliphatic rings. The molecule has 1 N–H and O–H groups in total. The van der Waals surface area contributed by atoms with Crippen molar-refractivity contribution in [1.29, 1.82) is 0 Å². The first-order valence-corrected chi connectivity index (χ1v) is 5.98. The first kappa shape index (κ1) is 11.8. The van der Waals surface area contributed by atoms with Crippen molar-refractivity contribution in [1.82, 2.24) is 0 Å². The van der Waals surface area contributed by atoms with E-state index >= 15 is 0 Å². The van der Waals surface area contributed by atoms with Crippen LogP contribution in [0.5, 0.6) is 0 Å². The summed E-state index contributed by atoms with van der Waals surface area (Å²) in [5.41, 5.74) is 1.07. The van der Waals surface area contributed by atoms with Crippen molar-refractivity contribution in [2.45, 2.75) is 19.8 Å². The molecule has 0 aliphatic carbocycles. The Labute approximate surface area is 91.7 Å². The van der Waals surface area contributed by atoms with Crippen LogP contribution in [0.4, 0.5) is 5.69 Å². The minimum Gasteiger partial charge on any atom is -0.385 e. The predicted octanol–water partition coefficient (Wildman–Crippen LogP) is 1.95. The summed E-state index contributed by atoms with van der Waals surface area (Å²) in [6.07, 6.45) is 1.45. The summed E-state index contributed by atoms with van der Waals surface area (Å²) in [7, 11) is -2.02. The molecule has 15 heavy (non-hydrogen) atoms. The van der Waals surface area contributed by atoms with Gasteiger partial charge in [0.25, 0.3) is 0 Å². The van der Waals surface area contributed by atoms with E-state index in [2.05, 4.69) is 5.32 Å². The molecule has 0 spiro atoms. The largest absolute Gasteiger partial charge is 0.385 e. The standard InChI is InChI=1S/C11H15NO2S/c1-10(15(13)14)6-5-9-12-11-7-3-2-4-8-11/h2-4,7-8,12H,5-6,9H2,1H3. The van der Waals surface area contributed by atoms with Crippen LogP contribution in [0.3, 0.4) is 0 Å². The lowest BCUT2D eigenvalue weighted by Gasteiger charge is -2.04. The van der Waals surface area contributed by atoms with Crippen molar-refractivity contribution in [2.75, 3.05) is 11.9 Å². The molecule has 1 aromatic rings. The van der Waals surface area contributed by atoms with E-state index in [9.17, 15) is 8.42 Å². The summed E-state index contributed by atoms with van der Waals surface area (Å²) >= 11 is 0. The van der Waals surface area contributed by atoms with Crippen LogP contribution < -0.4 is 5.32 Å². The Kier molecular flexibility index (Phi) is 4.90. The van der Waals surface area contributed by atoms with Gasteiger partial charge in [-0.3, -0.25) is 0 Å². The molecule has 0 radical (unpaired) electrons. The molecule has 4 heteroatoms. The summed E-state index contributed by atoms with van der Waals surface area (Å²) in [6, 6.07) is 9.87. The van der Waals surface area contributed by atoms with Gasteiger partial charge in [-0.1, -0.05) is 18.2 Å². The molecule has 0 saturated carbocycles. The average molecular weight is 225 g/mol. The van der Waals surface area contributed by atoms with Gasteiger partial charge >= 0.3 is 0 Å². The van der Waals surface area contributed by atoms with Crippen LogP contribution in [-0.2, 0) is 10.3 Å². The highest BCUT2D eigenvalue weighted by Gasteiger charge is 1.94. The number of rotatable bonds is 5. The number of hydrogen-bond acceptors (Lipinski definition) is 3. The third kappa shape index (κ3) is 4.65. The SMILES string of the molecule is CC(CCCNc1ccccc1)=S(=O)=O. The van der Waals surface area contributed by atoms with Gasteiger partial charge in [0.2, 0.25) is 10.3 Å². The van der Waals surface area contributed by atoms with Crippen molar-refractivity contribution in [3.8, 4) is 0 Å². The lowest BCUT2D eigenvalue weighted by molar-refractivity contribution is 0.626. The molecule has 3 nitrogen and oxygen atoms in total. The zero-order valence-corrected chi connectivity index (χ0v) is 9.55. The van der Waals surface area contributed by atoms with Crippen LogP contribution in [0.2, 0.25) is 0 Å². The maximum absolute atomic E-state index is 10.5. The van der Waals surface area contributed by atoms with Gasteiger partial charge in [-0.25, -0.2) is 0 Å². The maximum Gasteiger partial charge on any atom is 0.212 e. The second-order valence-corrected chi connectivity index (χ2v) is 4.50. The Morgan fingerprint density at radius 3 is 2.53 bits per heavy atom. The smallest absolute Gasteiger partial charge is 0.212 e. The fourth-order valence-electron chi connectivity index (χ4n) is 1.21. The normalized spacial score (nSPS) is 9.67. The lowest BCUT2D eigenvalue weighted by atomic mass is 10.2. The lowest BCUT2D eigenvalue weighted by Crippen LogP contribution is -2.03. The molecule has 0 heterocycles. The molecule has 0 saturated heterocycles. The van der Waals surface area contributed by atoms with Crippen molar-refractivity contribution >= 4 is 20.8 Å². The third-order valence-corrected chi connectivity index (χ3v) is 2.87. The van der Waals surface area contributed by atoms with Crippen LogP contribution in [-0.4, -0.2) is 19.8 Å². The Hall–Kier alpha value is -1.29. The molecule has 0 bridgehead atoms. The molecule has 0 unspecified atom stereocenters. The summed E-state index contributed by atoms with van der Waals surface area (Å²) in [5, 5.41) is 3.22. The molecule has 82 valence electrons. The quantitative estimate of drug-likeness (QED) is 0.615. The third-order valence-electron chi connectivity index (χ3n) is 2.09. The molecule has 0 fully saturated rings. The monoisotopic (exact) mass is 225 g/mol. The molecule has 0 atom stereocenters. The molecular weight excluding hydrogens is 210 g/mol. The highest BCUT2D eigenvalue weighted by molar-refractivity contribution is 7.72. The van der Waals surface area contributed by atoms with E-state index in [1.165, 1.54) is 0 Å². The van der Waals surface area contributed by atoms with E-state index in [-0.39, 0.29) is 0 Å². The summed E-state index contributed by atoms with van der Waals surface area (Å²) in [5.74, 6) is 0. The fourth-order valence-corrected chi connectivity index (χ4v) is 1.52. The van der Waals surface area contributed by atoms with Crippen molar-refractivity contribution in [3.63, 3.8) is 0 Å². The van der Waals surface area contributed by atoms with E-state index < -0.39 is 10.3 Å². The van der Waals surface area contributed by atoms with Crippen molar-refractivity contribution < 1.29 is 8.42 Å². The van der Waals surface area contributed by atoms with Crippen molar-refractivity contribution in [2.24, 2.45) is 0 Å². The topological polar surface area (TPSA) is 46.2 Å². The van der Waals surface area contributed by atoms with Gasteiger partial charge in [0.05, 0.1) is 0 Å². The zero-order chi connectivity index (χ0) is 11.1. The molecule has 1 aromatic carbocycles. The van der Waals surface area contributed by atoms with Gasteiger partial charge in [-0.05, 0) is 31.9 Å². The van der Waals surface area contributed by atoms with Gasteiger partial charge in [0.15, 0.2) is 0 Å². The van der Waals surface area contributed by atoms with E-state index in [0.29, 0.717) is 11.3 Å². The first-order chi connectivity index (χ1) is 7.20. The Bertz CT molecular complexity index is 415. The predicted molar refractivity (Wildman–Crippen MR) is 63.8 cm³/mol. The van der Waals surface area contributed by atoms with Crippen LogP contribution >= 0.6 is 0 Å². The van der Waals surface area contributed by atoms with Crippen LogP contribution in [0.25, 0.3) is 0 Å². The summed E-state index contributed by atoms with van der Waals surface area (Å²) in [4.78, 5) is 0.518. The van der Waals surface area contributed by atoms with Gasteiger partial charge in [0, 0.05) is 17.1 Å². The molecule has 0 aromatic heterocycles. The molecule has 1 rings (SSSR count). The van der Waals surface area contributed by atoms with Crippen molar-refractivity contribution in [3.05, 3.63) is 30.3 Å². The number of para-hydroxylation sites is 1. The van der Waals surface area contributed by atoms with Gasteiger partial charge in [0.1, 0.15) is 0 Å². The van der Waals surface area contributed by atoms with E-state index in [1.54, 1.807) is 6.92 Å². The van der Waals surface area contributed by atoms with Crippen LogP contribution in [0.15, 0.2) is 30.3 Å². The van der Waals surface area contributed by atoms with Crippen LogP contribution in [0.1, 0.15) is 19.8 Å². The highest BCUT2D eigenvalue weighted by atomic mass is 32.2. The number of benzene rings is 1. The van der Waals surface area contributed by atoms with Gasteiger partial charge in [-0.2, -0.15) is 8.42 Å². The summed E-state index contributed by atoms with van der Waals surface area (Å²) in [6.45, 7) is 2.43. The minimum absolute atomic E-state index is 0.518.